The van der Waals surface area contributed by atoms with Crippen molar-refractivity contribution in [1.82, 2.24) is 5.48 Å². The standard InChI is InChI=1S/C16H12FNO2/c17-15-10-4-6-13(12-15)7-5-11-20-18-16(19)14-8-2-1-3-9-14/h1-4,6,8-10,12H,11H2,(H,18,19). The van der Waals surface area contributed by atoms with Crippen LogP contribution < -0.4 is 5.48 Å². The molecule has 2 rings (SSSR count). The summed E-state index contributed by atoms with van der Waals surface area (Å²) in [6.07, 6.45) is 0. The second-order valence-corrected chi connectivity index (χ2v) is 3.90. The first-order valence-corrected chi connectivity index (χ1v) is 5.97. The van der Waals surface area contributed by atoms with Crippen LogP contribution in [0.2, 0.25) is 0 Å². The van der Waals surface area contributed by atoms with Gasteiger partial charge in [-0.2, -0.15) is 0 Å². The Hall–Kier alpha value is -2.64. The van der Waals surface area contributed by atoms with Gasteiger partial charge in [0.15, 0.2) is 0 Å². The molecule has 20 heavy (non-hydrogen) atoms. The van der Waals surface area contributed by atoms with Crippen LogP contribution in [-0.2, 0) is 4.84 Å². The fourth-order valence-corrected chi connectivity index (χ4v) is 1.49. The number of hydrogen-bond donors (Lipinski definition) is 1. The van der Waals surface area contributed by atoms with Crippen molar-refractivity contribution >= 4 is 5.91 Å². The molecule has 3 nitrogen and oxygen atoms in total. The third-order valence-corrected chi connectivity index (χ3v) is 2.40. The normalized spacial score (nSPS) is 9.45. The van der Waals surface area contributed by atoms with E-state index in [1.165, 1.54) is 12.1 Å². The van der Waals surface area contributed by atoms with Crippen LogP contribution >= 0.6 is 0 Å². The molecule has 0 atom stereocenters. The summed E-state index contributed by atoms with van der Waals surface area (Å²) in [5.74, 6) is 4.74. The van der Waals surface area contributed by atoms with E-state index < -0.39 is 0 Å². The van der Waals surface area contributed by atoms with Crippen molar-refractivity contribution in [2.75, 3.05) is 6.61 Å². The molecule has 1 amide bonds. The van der Waals surface area contributed by atoms with Crippen LogP contribution in [-0.4, -0.2) is 12.5 Å². The van der Waals surface area contributed by atoms with Gasteiger partial charge >= 0.3 is 0 Å². The maximum atomic E-state index is 12.9. The van der Waals surface area contributed by atoms with Crippen molar-refractivity contribution in [1.29, 1.82) is 0 Å². The van der Waals surface area contributed by atoms with E-state index in [9.17, 15) is 9.18 Å². The van der Waals surface area contributed by atoms with Gasteiger partial charge < -0.3 is 0 Å². The van der Waals surface area contributed by atoms with Gasteiger partial charge in [-0.1, -0.05) is 36.1 Å². The van der Waals surface area contributed by atoms with Gasteiger partial charge in [-0.25, -0.2) is 9.87 Å². The number of halogens is 1. The molecular weight excluding hydrogens is 257 g/mol. The van der Waals surface area contributed by atoms with E-state index in [1.807, 2.05) is 6.07 Å². The highest BCUT2D eigenvalue weighted by molar-refractivity contribution is 5.93. The van der Waals surface area contributed by atoms with E-state index in [0.29, 0.717) is 11.1 Å². The third-order valence-electron chi connectivity index (χ3n) is 2.40. The Morgan fingerprint density at radius 3 is 2.70 bits per heavy atom. The molecule has 2 aromatic carbocycles. The number of hydrogen-bond acceptors (Lipinski definition) is 2. The average Bonchev–Trinajstić information content (AvgIpc) is 2.48. The van der Waals surface area contributed by atoms with Crippen molar-refractivity contribution < 1.29 is 14.0 Å². The van der Waals surface area contributed by atoms with E-state index in [2.05, 4.69) is 17.3 Å². The number of rotatable bonds is 3. The molecule has 0 heterocycles. The summed E-state index contributed by atoms with van der Waals surface area (Å²) in [5.41, 5.74) is 3.34. The molecular formula is C16H12FNO2. The summed E-state index contributed by atoms with van der Waals surface area (Å²) < 4.78 is 12.9. The molecule has 0 radical (unpaired) electrons. The van der Waals surface area contributed by atoms with Gasteiger partial charge in [0.25, 0.3) is 5.91 Å². The molecule has 0 bridgehead atoms. The summed E-state index contributed by atoms with van der Waals surface area (Å²) in [5, 5.41) is 0. The molecule has 0 aliphatic rings. The Labute approximate surface area is 116 Å². The molecule has 0 unspecified atom stereocenters. The first kappa shape index (κ1) is 13.8. The van der Waals surface area contributed by atoms with Crippen molar-refractivity contribution in [3.8, 4) is 11.8 Å². The number of carbonyl (C=O) groups is 1. The van der Waals surface area contributed by atoms with Crippen LogP contribution in [0.1, 0.15) is 15.9 Å². The van der Waals surface area contributed by atoms with Gasteiger partial charge in [0.2, 0.25) is 0 Å². The summed E-state index contributed by atoms with van der Waals surface area (Å²) in [6, 6.07) is 14.7. The van der Waals surface area contributed by atoms with Crippen molar-refractivity contribution in [3.05, 3.63) is 71.5 Å². The first-order chi connectivity index (χ1) is 9.75. The van der Waals surface area contributed by atoms with Crippen LogP contribution in [0, 0.1) is 17.7 Å². The van der Waals surface area contributed by atoms with Crippen LogP contribution in [0.5, 0.6) is 0 Å². The highest BCUT2D eigenvalue weighted by Crippen LogP contribution is 2.01. The first-order valence-electron chi connectivity index (χ1n) is 5.97. The Morgan fingerprint density at radius 2 is 1.95 bits per heavy atom. The molecule has 2 aromatic rings. The lowest BCUT2D eigenvalue weighted by atomic mass is 10.2. The monoisotopic (exact) mass is 269 g/mol. The predicted octanol–water partition coefficient (Wildman–Crippen LogP) is 2.54. The van der Waals surface area contributed by atoms with Gasteiger partial charge in [-0.3, -0.25) is 9.63 Å². The van der Waals surface area contributed by atoms with Gasteiger partial charge in [-0.15, -0.1) is 0 Å². The average molecular weight is 269 g/mol. The Balaban J connectivity index is 1.79. The fourth-order valence-electron chi connectivity index (χ4n) is 1.49. The maximum Gasteiger partial charge on any atom is 0.274 e. The topological polar surface area (TPSA) is 38.3 Å². The molecule has 1 N–H and O–H groups in total. The minimum Gasteiger partial charge on any atom is -0.267 e. The van der Waals surface area contributed by atoms with E-state index in [1.54, 1.807) is 36.4 Å². The third kappa shape index (κ3) is 4.23. The maximum absolute atomic E-state index is 12.9. The largest absolute Gasteiger partial charge is 0.274 e. The molecule has 0 aliphatic heterocycles. The summed E-state index contributed by atoms with van der Waals surface area (Å²) in [7, 11) is 0. The van der Waals surface area contributed by atoms with Crippen LogP contribution in [0.3, 0.4) is 0 Å². The quantitative estimate of drug-likeness (QED) is 0.528. The second kappa shape index (κ2) is 7.07. The number of hydroxylamine groups is 1. The molecule has 100 valence electrons. The van der Waals surface area contributed by atoms with E-state index in [4.69, 9.17) is 4.84 Å². The molecule has 4 heteroatoms. The molecule has 0 saturated carbocycles. The van der Waals surface area contributed by atoms with Crippen molar-refractivity contribution in [2.45, 2.75) is 0 Å². The number of nitrogens with one attached hydrogen (secondary N) is 1. The summed E-state index contributed by atoms with van der Waals surface area (Å²) in [4.78, 5) is 16.5. The number of carbonyl (C=O) groups excluding carboxylic acids is 1. The summed E-state index contributed by atoms with van der Waals surface area (Å²) >= 11 is 0. The van der Waals surface area contributed by atoms with E-state index in [0.717, 1.165) is 0 Å². The van der Waals surface area contributed by atoms with Crippen LogP contribution in [0.4, 0.5) is 4.39 Å². The second-order valence-electron chi connectivity index (χ2n) is 3.90. The number of amides is 1. The van der Waals surface area contributed by atoms with Gasteiger partial charge in [0.1, 0.15) is 12.4 Å². The minimum absolute atomic E-state index is 0.0229. The zero-order valence-electron chi connectivity index (χ0n) is 10.6. The number of benzene rings is 2. The van der Waals surface area contributed by atoms with Crippen molar-refractivity contribution in [2.24, 2.45) is 0 Å². The highest BCUT2D eigenvalue weighted by Gasteiger charge is 2.02. The minimum atomic E-state index is -0.338. The molecule has 0 fully saturated rings. The molecule has 0 aliphatic carbocycles. The Kier molecular flexibility index (Phi) is 4.87. The van der Waals surface area contributed by atoms with Crippen molar-refractivity contribution in [3.63, 3.8) is 0 Å². The molecule has 0 aromatic heterocycles. The van der Waals surface area contributed by atoms with Gasteiger partial charge in [-0.05, 0) is 30.3 Å². The molecule has 0 saturated heterocycles. The lowest BCUT2D eigenvalue weighted by molar-refractivity contribution is 0.0438. The smallest absolute Gasteiger partial charge is 0.267 e. The lowest BCUT2D eigenvalue weighted by Gasteiger charge is -2.02. The fraction of sp³-hybridized carbons (Fsp3) is 0.0625. The SMILES string of the molecule is O=C(NOCC#Cc1cccc(F)c1)c1ccccc1. The Bertz CT molecular complexity index is 644. The van der Waals surface area contributed by atoms with Crippen LogP contribution in [0.25, 0.3) is 0 Å². The van der Waals surface area contributed by atoms with Gasteiger partial charge in [0.05, 0.1) is 0 Å². The zero-order valence-corrected chi connectivity index (χ0v) is 10.6. The predicted molar refractivity (Wildman–Crippen MR) is 73.1 cm³/mol. The van der Waals surface area contributed by atoms with E-state index >= 15 is 0 Å². The Morgan fingerprint density at radius 1 is 1.15 bits per heavy atom. The van der Waals surface area contributed by atoms with Crippen LogP contribution in [0.15, 0.2) is 54.6 Å². The summed E-state index contributed by atoms with van der Waals surface area (Å²) in [6.45, 7) is 0.0229. The molecule has 0 spiro atoms. The van der Waals surface area contributed by atoms with E-state index in [-0.39, 0.29) is 18.3 Å². The zero-order chi connectivity index (χ0) is 14.2. The lowest BCUT2D eigenvalue weighted by Crippen LogP contribution is -2.23. The highest BCUT2D eigenvalue weighted by atomic mass is 19.1. The van der Waals surface area contributed by atoms with Gasteiger partial charge in [0, 0.05) is 11.1 Å².